The molecule has 7 nitrogen and oxygen atoms in total. The van der Waals surface area contributed by atoms with Crippen LogP contribution < -0.4 is 10.2 Å². The van der Waals surface area contributed by atoms with Crippen LogP contribution in [0.15, 0.2) is 18.3 Å². The highest BCUT2D eigenvalue weighted by molar-refractivity contribution is 7.92. The lowest BCUT2D eigenvalue weighted by atomic mass is 10.2. The van der Waals surface area contributed by atoms with Gasteiger partial charge < -0.3 is 15.0 Å². The molecule has 2 fully saturated rings. The zero-order valence-corrected chi connectivity index (χ0v) is 15.8. The third-order valence-corrected chi connectivity index (χ3v) is 7.32. The molecule has 144 valence electrons. The largest absolute Gasteiger partial charge is 0.378 e. The maximum absolute atomic E-state index is 12.2. The predicted molar refractivity (Wildman–Crippen MR) is 99.8 cm³/mol. The number of pyridine rings is 1. The van der Waals surface area contributed by atoms with Gasteiger partial charge >= 0.3 is 0 Å². The summed E-state index contributed by atoms with van der Waals surface area (Å²) in [6.07, 6.45) is 5.20. The molecule has 1 saturated heterocycles. The average molecular weight is 381 g/mol. The van der Waals surface area contributed by atoms with E-state index in [-0.39, 0.29) is 23.3 Å². The summed E-state index contributed by atoms with van der Waals surface area (Å²) in [5.74, 6) is 0.596. The minimum Gasteiger partial charge on any atom is -0.378 e. The summed E-state index contributed by atoms with van der Waals surface area (Å²) in [5.41, 5.74) is 0.952. The van der Waals surface area contributed by atoms with Crippen molar-refractivity contribution in [1.29, 1.82) is 0 Å². The van der Waals surface area contributed by atoms with Crippen LogP contribution >= 0.6 is 0 Å². The summed E-state index contributed by atoms with van der Waals surface area (Å²) in [6, 6.07) is 3.82. The van der Waals surface area contributed by atoms with Crippen LogP contribution in [0.25, 0.3) is 0 Å². The van der Waals surface area contributed by atoms with E-state index in [0.717, 1.165) is 50.2 Å². The minimum atomic E-state index is -3.15. The number of sulfone groups is 1. The zero-order chi connectivity index (χ0) is 18.4. The van der Waals surface area contributed by atoms with E-state index in [1.54, 1.807) is 6.20 Å². The fourth-order valence-corrected chi connectivity index (χ4v) is 5.33. The molecule has 26 heavy (non-hydrogen) atoms. The lowest BCUT2D eigenvalue weighted by Crippen LogP contribution is -2.36. The van der Waals surface area contributed by atoms with Crippen LogP contribution in [-0.4, -0.2) is 56.6 Å². The van der Waals surface area contributed by atoms with E-state index < -0.39 is 9.84 Å². The van der Waals surface area contributed by atoms with E-state index in [1.165, 1.54) is 0 Å². The normalized spacial score (nSPS) is 18.8. The van der Waals surface area contributed by atoms with Crippen molar-refractivity contribution in [3.8, 4) is 0 Å². The van der Waals surface area contributed by atoms with Gasteiger partial charge in [-0.2, -0.15) is 0 Å². The lowest BCUT2D eigenvalue weighted by Gasteiger charge is -2.28. The Morgan fingerprint density at radius 2 is 2.00 bits per heavy atom. The molecule has 2 aliphatic rings. The van der Waals surface area contributed by atoms with Crippen molar-refractivity contribution in [3.05, 3.63) is 23.9 Å². The molecule has 1 N–H and O–H groups in total. The van der Waals surface area contributed by atoms with Gasteiger partial charge in [-0.25, -0.2) is 13.4 Å². The second-order valence-electron chi connectivity index (χ2n) is 6.92. The number of carbonyl (C=O) groups is 1. The second-order valence-corrected chi connectivity index (χ2v) is 9.32. The van der Waals surface area contributed by atoms with Crippen molar-refractivity contribution >= 4 is 21.6 Å². The smallest absolute Gasteiger partial charge is 0.221 e. The van der Waals surface area contributed by atoms with Crippen LogP contribution in [0.4, 0.5) is 5.82 Å². The molecular weight excluding hydrogens is 354 g/mol. The Bertz CT molecular complexity index is 711. The van der Waals surface area contributed by atoms with Crippen molar-refractivity contribution < 1.29 is 17.9 Å². The Labute approximate surface area is 155 Å². The van der Waals surface area contributed by atoms with Crippen molar-refractivity contribution in [2.24, 2.45) is 0 Å². The van der Waals surface area contributed by atoms with E-state index in [9.17, 15) is 13.2 Å². The van der Waals surface area contributed by atoms with Gasteiger partial charge in [0.15, 0.2) is 9.84 Å². The molecule has 0 spiro atoms. The Hall–Kier alpha value is -1.67. The standard InChI is InChI=1S/C18H27N3O4S/c22-18(6-12-26(23,24)16-3-1-2-4-16)20-14-15-5-7-19-17(13-15)21-8-10-25-11-9-21/h5,7,13,16H,1-4,6,8-12,14H2,(H,20,22). The van der Waals surface area contributed by atoms with Crippen LogP contribution in [-0.2, 0) is 25.9 Å². The summed E-state index contributed by atoms with van der Waals surface area (Å²) < 4.78 is 29.8. The summed E-state index contributed by atoms with van der Waals surface area (Å²) in [5, 5.41) is 2.57. The van der Waals surface area contributed by atoms with Gasteiger partial charge in [-0.05, 0) is 30.5 Å². The van der Waals surface area contributed by atoms with Gasteiger partial charge in [0.2, 0.25) is 5.91 Å². The number of hydrogen-bond donors (Lipinski definition) is 1. The molecule has 1 amide bonds. The van der Waals surface area contributed by atoms with Crippen LogP contribution in [0.1, 0.15) is 37.7 Å². The SMILES string of the molecule is O=C(CCS(=O)(=O)C1CCCC1)NCc1ccnc(N2CCOCC2)c1. The highest BCUT2D eigenvalue weighted by atomic mass is 32.2. The van der Waals surface area contributed by atoms with Gasteiger partial charge in [0, 0.05) is 32.3 Å². The quantitative estimate of drug-likeness (QED) is 0.765. The van der Waals surface area contributed by atoms with Crippen LogP contribution in [0.5, 0.6) is 0 Å². The molecule has 1 aromatic rings. The zero-order valence-electron chi connectivity index (χ0n) is 15.0. The minimum absolute atomic E-state index is 0.0280. The first-order chi connectivity index (χ1) is 12.5. The van der Waals surface area contributed by atoms with E-state index in [1.807, 2.05) is 12.1 Å². The third-order valence-electron chi connectivity index (χ3n) is 5.06. The van der Waals surface area contributed by atoms with Gasteiger partial charge in [-0.3, -0.25) is 4.79 Å². The van der Waals surface area contributed by atoms with E-state index in [4.69, 9.17) is 4.74 Å². The molecule has 0 radical (unpaired) electrons. The van der Waals surface area contributed by atoms with E-state index in [2.05, 4.69) is 15.2 Å². The van der Waals surface area contributed by atoms with Gasteiger partial charge in [-0.15, -0.1) is 0 Å². The molecule has 1 saturated carbocycles. The van der Waals surface area contributed by atoms with Crippen molar-refractivity contribution in [3.63, 3.8) is 0 Å². The highest BCUT2D eigenvalue weighted by Gasteiger charge is 2.28. The van der Waals surface area contributed by atoms with Crippen LogP contribution in [0, 0.1) is 0 Å². The number of morpholine rings is 1. The summed E-state index contributed by atoms with van der Waals surface area (Å²) in [6.45, 7) is 3.38. The van der Waals surface area contributed by atoms with Crippen molar-refractivity contribution in [2.75, 3.05) is 37.0 Å². The summed E-state index contributed by atoms with van der Waals surface area (Å²) in [7, 11) is -3.15. The molecule has 0 atom stereocenters. The molecule has 0 aromatic carbocycles. The number of ether oxygens (including phenoxy) is 1. The Morgan fingerprint density at radius 1 is 1.27 bits per heavy atom. The number of nitrogens with one attached hydrogen (secondary N) is 1. The average Bonchev–Trinajstić information content (AvgIpc) is 3.22. The van der Waals surface area contributed by atoms with Crippen molar-refractivity contribution in [2.45, 2.75) is 43.9 Å². The number of nitrogens with zero attached hydrogens (tertiary/aromatic N) is 2. The Kier molecular flexibility index (Phi) is 6.48. The maximum atomic E-state index is 12.2. The second kappa shape index (κ2) is 8.81. The fourth-order valence-electron chi connectivity index (χ4n) is 3.47. The first kappa shape index (κ1) is 19.1. The number of rotatable bonds is 7. The van der Waals surface area contributed by atoms with Gasteiger partial charge in [0.1, 0.15) is 5.82 Å². The van der Waals surface area contributed by atoms with E-state index >= 15 is 0 Å². The third kappa shape index (κ3) is 5.17. The van der Waals surface area contributed by atoms with Gasteiger partial charge in [-0.1, -0.05) is 12.8 Å². The van der Waals surface area contributed by atoms with Crippen LogP contribution in [0.3, 0.4) is 0 Å². The predicted octanol–water partition coefficient (Wildman–Crippen LogP) is 1.28. The number of amides is 1. The van der Waals surface area contributed by atoms with Crippen LogP contribution in [0.2, 0.25) is 0 Å². The summed E-state index contributed by atoms with van der Waals surface area (Å²) >= 11 is 0. The number of hydrogen-bond acceptors (Lipinski definition) is 6. The topological polar surface area (TPSA) is 88.6 Å². The molecule has 2 heterocycles. The number of anilines is 1. The highest BCUT2D eigenvalue weighted by Crippen LogP contribution is 2.25. The molecule has 0 bridgehead atoms. The monoisotopic (exact) mass is 381 g/mol. The number of aromatic nitrogens is 1. The number of carbonyl (C=O) groups excluding carboxylic acids is 1. The Morgan fingerprint density at radius 3 is 2.73 bits per heavy atom. The molecule has 1 aromatic heterocycles. The summed E-state index contributed by atoms with van der Waals surface area (Å²) in [4.78, 5) is 18.6. The Balaban J connectivity index is 1.47. The molecular formula is C18H27N3O4S. The first-order valence-electron chi connectivity index (χ1n) is 9.30. The molecule has 8 heteroatoms. The van der Waals surface area contributed by atoms with Crippen molar-refractivity contribution in [1.82, 2.24) is 10.3 Å². The molecule has 0 unspecified atom stereocenters. The maximum Gasteiger partial charge on any atom is 0.221 e. The molecule has 1 aliphatic heterocycles. The van der Waals surface area contributed by atoms with Gasteiger partial charge in [0.05, 0.1) is 24.2 Å². The molecule has 1 aliphatic carbocycles. The van der Waals surface area contributed by atoms with E-state index in [0.29, 0.717) is 19.8 Å². The first-order valence-corrected chi connectivity index (χ1v) is 11.0. The molecule has 3 rings (SSSR count). The lowest BCUT2D eigenvalue weighted by molar-refractivity contribution is -0.120. The van der Waals surface area contributed by atoms with Gasteiger partial charge in [0.25, 0.3) is 0 Å². The fraction of sp³-hybridized carbons (Fsp3) is 0.667.